The first-order chi connectivity index (χ1) is 20.3. The minimum absolute atomic E-state index is 0.228. The van der Waals surface area contributed by atoms with Crippen molar-refractivity contribution in [2.24, 2.45) is 0 Å². The van der Waals surface area contributed by atoms with Gasteiger partial charge < -0.3 is 25.6 Å². The molecule has 220 valence electrons. The summed E-state index contributed by atoms with van der Waals surface area (Å²) in [5.74, 6) is 1.82. The predicted molar refractivity (Wildman–Crippen MR) is 168 cm³/mol. The Kier molecular flexibility index (Phi) is 9.21. The van der Waals surface area contributed by atoms with Crippen molar-refractivity contribution in [3.63, 3.8) is 0 Å². The van der Waals surface area contributed by atoms with Crippen LogP contribution >= 0.6 is 11.6 Å². The lowest BCUT2D eigenvalue weighted by Crippen LogP contribution is -2.47. The molecule has 4 aromatic rings. The third kappa shape index (κ3) is 6.99. The van der Waals surface area contributed by atoms with Gasteiger partial charge in [0.1, 0.15) is 18.0 Å². The van der Waals surface area contributed by atoms with Gasteiger partial charge in [-0.05, 0) is 49.7 Å². The van der Waals surface area contributed by atoms with E-state index in [-0.39, 0.29) is 5.91 Å². The van der Waals surface area contributed by atoms with Crippen molar-refractivity contribution in [1.29, 1.82) is 0 Å². The number of benzene rings is 2. The maximum absolute atomic E-state index is 13.4. The van der Waals surface area contributed by atoms with Crippen LogP contribution in [0.5, 0.6) is 0 Å². The van der Waals surface area contributed by atoms with E-state index < -0.39 is 0 Å². The van der Waals surface area contributed by atoms with Gasteiger partial charge in [-0.15, -0.1) is 0 Å². The molecule has 1 amide bonds. The minimum atomic E-state index is -0.228. The smallest absolute Gasteiger partial charge is 0.255 e. The van der Waals surface area contributed by atoms with Crippen molar-refractivity contribution in [2.75, 3.05) is 74.3 Å². The number of halogens is 1. The minimum Gasteiger partial charge on any atom is -0.383 e. The zero-order chi connectivity index (χ0) is 29.6. The molecular formula is C30H36ClN9O2. The summed E-state index contributed by atoms with van der Waals surface area (Å²) in [6.45, 7) is 9.15. The molecule has 1 aliphatic heterocycles. The summed E-state index contributed by atoms with van der Waals surface area (Å²) in [6.07, 6.45) is 1.49. The Morgan fingerprint density at radius 3 is 2.60 bits per heavy atom. The van der Waals surface area contributed by atoms with E-state index in [9.17, 15) is 4.79 Å². The van der Waals surface area contributed by atoms with Gasteiger partial charge in [0, 0.05) is 86.7 Å². The second-order valence-electron chi connectivity index (χ2n) is 10.2. The number of nitrogens with zero attached hydrogens (tertiary/aromatic N) is 6. The Morgan fingerprint density at radius 1 is 1.02 bits per heavy atom. The van der Waals surface area contributed by atoms with E-state index in [2.05, 4.69) is 40.8 Å². The molecule has 11 nitrogen and oxygen atoms in total. The Morgan fingerprint density at radius 2 is 1.83 bits per heavy atom. The van der Waals surface area contributed by atoms with Crippen molar-refractivity contribution in [2.45, 2.75) is 13.8 Å². The fourth-order valence-electron chi connectivity index (χ4n) is 4.88. The monoisotopic (exact) mass is 589 g/mol. The van der Waals surface area contributed by atoms with E-state index in [1.54, 1.807) is 24.9 Å². The van der Waals surface area contributed by atoms with E-state index in [1.807, 2.05) is 56.3 Å². The van der Waals surface area contributed by atoms with Crippen LogP contribution in [0.2, 0.25) is 5.02 Å². The van der Waals surface area contributed by atoms with Gasteiger partial charge in [0.25, 0.3) is 5.91 Å². The molecule has 3 heterocycles. The second kappa shape index (κ2) is 13.2. The highest BCUT2D eigenvalue weighted by Crippen LogP contribution is 2.28. The summed E-state index contributed by atoms with van der Waals surface area (Å²) < 4.78 is 6.94. The van der Waals surface area contributed by atoms with Crippen LogP contribution in [0.4, 0.5) is 28.7 Å². The standard InChI is InChI=1S/C30H36ClN9O2/c1-20-5-6-24(17-26(20)36-29-13-21(2)37-40(29)28-18-27(32-3)33-19-34-28)35-30(41)22-14-23(31)16-25(15-22)39-9-7-38(8-10-39)11-12-42-4/h5-6,13-19,36H,7-12H2,1-4H3,(H,35,41)(H,32,33,34). The van der Waals surface area contributed by atoms with Crippen molar-refractivity contribution in [3.8, 4) is 5.82 Å². The van der Waals surface area contributed by atoms with Crippen LogP contribution in [0.1, 0.15) is 21.6 Å². The third-order valence-corrected chi connectivity index (χ3v) is 7.43. The largest absolute Gasteiger partial charge is 0.383 e. The normalized spacial score (nSPS) is 13.7. The van der Waals surface area contributed by atoms with Crippen molar-refractivity contribution >= 4 is 46.2 Å². The quantitative estimate of drug-likeness (QED) is 0.241. The number of carbonyl (C=O) groups excluding carboxylic acids is 1. The van der Waals surface area contributed by atoms with E-state index in [1.165, 1.54) is 6.33 Å². The van der Waals surface area contributed by atoms with Crippen LogP contribution < -0.4 is 20.9 Å². The van der Waals surface area contributed by atoms with E-state index in [0.29, 0.717) is 27.9 Å². The lowest BCUT2D eigenvalue weighted by atomic mass is 10.1. The lowest BCUT2D eigenvalue weighted by molar-refractivity contribution is 0.102. The topological polar surface area (TPSA) is 112 Å². The molecule has 1 fully saturated rings. The Bertz CT molecular complexity index is 1550. The molecule has 0 spiro atoms. The average Bonchev–Trinajstić information content (AvgIpc) is 3.37. The van der Waals surface area contributed by atoms with Gasteiger partial charge in [0.15, 0.2) is 5.82 Å². The number of hydrogen-bond donors (Lipinski definition) is 3. The predicted octanol–water partition coefficient (Wildman–Crippen LogP) is 4.74. The number of aromatic nitrogens is 4. The van der Waals surface area contributed by atoms with Crippen LogP contribution in [-0.2, 0) is 4.74 Å². The first-order valence-corrected chi connectivity index (χ1v) is 14.2. The van der Waals surface area contributed by atoms with Gasteiger partial charge in [-0.2, -0.15) is 9.78 Å². The number of nitrogens with one attached hydrogen (secondary N) is 3. The molecule has 2 aromatic heterocycles. The van der Waals surface area contributed by atoms with Crippen molar-refractivity contribution in [1.82, 2.24) is 24.6 Å². The lowest BCUT2D eigenvalue weighted by Gasteiger charge is -2.36. The molecule has 0 unspecified atom stereocenters. The number of rotatable bonds is 10. The molecule has 1 saturated heterocycles. The Balaban J connectivity index is 1.31. The molecule has 0 radical (unpaired) electrons. The number of ether oxygens (including phenoxy) is 1. The highest BCUT2D eigenvalue weighted by molar-refractivity contribution is 6.31. The highest BCUT2D eigenvalue weighted by atomic mass is 35.5. The van der Waals surface area contributed by atoms with Gasteiger partial charge in [-0.25, -0.2) is 9.97 Å². The molecule has 0 saturated carbocycles. The number of piperazine rings is 1. The Hall–Kier alpha value is -4.19. The van der Waals surface area contributed by atoms with E-state index in [0.717, 1.165) is 67.8 Å². The van der Waals surface area contributed by atoms with Crippen molar-refractivity contribution in [3.05, 3.63) is 76.7 Å². The number of aryl methyl sites for hydroxylation is 2. The summed E-state index contributed by atoms with van der Waals surface area (Å²) in [4.78, 5) is 26.6. The summed E-state index contributed by atoms with van der Waals surface area (Å²) in [6, 6.07) is 15.0. The first-order valence-electron chi connectivity index (χ1n) is 13.9. The number of amides is 1. The van der Waals surface area contributed by atoms with Gasteiger partial charge in [0.05, 0.1) is 12.3 Å². The summed E-state index contributed by atoms with van der Waals surface area (Å²) >= 11 is 6.47. The molecule has 0 bridgehead atoms. The summed E-state index contributed by atoms with van der Waals surface area (Å²) in [7, 11) is 3.53. The van der Waals surface area contributed by atoms with E-state index >= 15 is 0 Å². The number of carbonyl (C=O) groups is 1. The van der Waals surface area contributed by atoms with Gasteiger partial charge in [-0.1, -0.05) is 17.7 Å². The van der Waals surface area contributed by atoms with Crippen LogP contribution in [-0.4, -0.2) is 84.0 Å². The van der Waals surface area contributed by atoms with Crippen LogP contribution in [0.25, 0.3) is 5.82 Å². The number of anilines is 5. The maximum atomic E-state index is 13.4. The van der Waals surface area contributed by atoms with Crippen LogP contribution in [0.3, 0.4) is 0 Å². The fourth-order valence-corrected chi connectivity index (χ4v) is 5.11. The molecular weight excluding hydrogens is 554 g/mol. The average molecular weight is 590 g/mol. The molecule has 1 aliphatic rings. The van der Waals surface area contributed by atoms with E-state index in [4.69, 9.17) is 16.3 Å². The highest BCUT2D eigenvalue weighted by Gasteiger charge is 2.19. The number of hydrogen-bond acceptors (Lipinski definition) is 9. The zero-order valence-electron chi connectivity index (χ0n) is 24.3. The Labute approximate surface area is 250 Å². The third-order valence-electron chi connectivity index (χ3n) is 7.21. The van der Waals surface area contributed by atoms with Gasteiger partial charge >= 0.3 is 0 Å². The van der Waals surface area contributed by atoms with Crippen LogP contribution in [0.15, 0.2) is 54.9 Å². The van der Waals surface area contributed by atoms with Gasteiger partial charge in [0.2, 0.25) is 0 Å². The summed E-state index contributed by atoms with van der Waals surface area (Å²) in [5.41, 5.74) is 4.77. The molecule has 2 aromatic carbocycles. The number of methoxy groups -OCH3 is 1. The zero-order valence-corrected chi connectivity index (χ0v) is 25.1. The summed E-state index contributed by atoms with van der Waals surface area (Å²) in [5, 5.41) is 14.7. The molecule has 3 N–H and O–H groups in total. The van der Waals surface area contributed by atoms with Crippen LogP contribution in [0, 0.1) is 13.8 Å². The maximum Gasteiger partial charge on any atom is 0.255 e. The SMILES string of the molecule is CNc1cc(-n2nc(C)cc2Nc2cc(NC(=O)c3cc(Cl)cc(N4CCN(CCOC)CC4)c3)ccc2C)ncn1. The molecule has 12 heteroatoms. The molecule has 0 atom stereocenters. The van der Waals surface area contributed by atoms with Crippen molar-refractivity contribution < 1.29 is 9.53 Å². The van der Waals surface area contributed by atoms with Gasteiger partial charge in [-0.3, -0.25) is 9.69 Å². The molecule has 5 rings (SSSR count). The first kappa shape index (κ1) is 29.3. The second-order valence-corrected chi connectivity index (χ2v) is 10.7. The molecule has 0 aliphatic carbocycles. The fraction of sp³-hybridized carbons (Fsp3) is 0.333. The molecule has 42 heavy (non-hydrogen) atoms.